The first-order chi connectivity index (χ1) is 8.07. The van der Waals surface area contributed by atoms with Gasteiger partial charge in [0.15, 0.2) is 0 Å². The third kappa shape index (κ3) is 2.42. The van der Waals surface area contributed by atoms with E-state index in [9.17, 15) is 4.79 Å². The van der Waals surface area contributed by atoms with Crippen molar-refractivity contribution >= 4 is 27.6 Å². The number of rotatable bonds is 4. The molecule has 0 aromatic heterocycles. The average Bonchev–Trinajstić information content (AvgIpc) is 3.08. The van der Waals surface area contributed by atoms with Gasteiger partial charge in [-0.1, -0.05) is 0 Å². The van der Waals surface area contributed by atoms with E-state index in [1.54, 1.807) is 18.2 Å². The summed E-state index contributed by atoms with van der Waals surface area (Å²) in [7, 11) is 0. The van der Waals surface area contributed by atoms with Crippen LogP contribution < -0.4 is 5.32 Å². The molecule has 1 aliphatic carbocycles. The average molecular weight is 295 g/mol. The summed E-state index contributed by atoms with van der Waals surface area (Å²) in [4.78, 5) is 11.0. The van der Waals surface area contributed by atoms with Gasteiger partial charge in [0.2, 0.25) is 0 Å². The van der Waals surface area contributed by atoms with Gasteiger partial charge in [0.25, 0.3) is 0 Å². The zero-order chi connectivity index (χ0) is 12.5. The van der Waals surface area contributed by atoms with Gasteiger partial charge < -0.3 is 10.4 Å². The Morgan fingerprint density at radius 1 is 1.59 bits per heavy atom. The van der Waals surface area contributed by atoms with Crippen molar-refractivity contribution in [2.45, 2.75) is 12.8 Å². The van der Waals surface area contributed by atoms with E-state index in [-0.39, 0.29) is 0 Å². The van der Waals surface area contributed by atoms with Gasteiger partial charge in [-0.2, -0.15) is 5.26 Å². The molecule has 0 radical (unpaired) electrons. The molecule has 2 rings (SSSR count). The zero-order valence-electron chi connectivity index (χ0n) is 9.03. The highest BCUT2D eigenvalue weighted by Crippen LogP contribution is 2.46. The summed E-state index contributed by atoms with van der Waals surface area (Å²) in [6.45, 7) is 0.423. The number of hydrogen-bond acceptors (Lipinski definition) is 3. The third-order valence-corrected chi connectivity index (χ3v) is 3.68. The normalized spacial score (nSPS) is 16.0. The fraction of sp³-hybridized carbons (Fsp3) is 0.333. The van der Waals surface area contributed by atoms with Gasteiger partial charge in [-0.05, 0) is 47.0 Å². The lowest BCUT2D eigenvalue weighted by Gasteiger charge is -2.13. The van der Waals surface area contributed by atoms with Crippen LogP contribution in [0, 0.1) is 16.7 Å². The molecule has 1 aromatic carbocycles. The Kier molecular flexibility index (Phi) is 3.07. The topological polar surface area (TPSA) is 73.1 Å². The fourth-order valence-electron chi connectivity index (χ4n) is 1.61. The highest BCUT2D eigenvalue weighted by atomic mass is 79.9. The molecule has 0 unspecified atom stereocenters. The van der Waals surface area contributed by atoms with E-state index in [0.29, 0.717) is 12.1 Å². The lowest BCUT2D eigenvalue weighted by Crippen LogP contribution is -2.24. The third-order valence-electron chi connectivity index (χ3n) is 3.02. The lowest BCUT2D eigenvalue weighted by molar-refractivity contribution is -0.142. The van der Waals surface area contributed by atoms with Crippen LogP contribution in [0.3, 0.4) is 0 Å². The molecular formula is C12H11BrN2O2. The number of nitrogens with one attached hydrogen (secondary N) is 1. The summed E-state index contributed by atoms with van der Waals surface area (Å²) in [5.74, 6) is -0.741. The number of carboxylic acid groups (broad SMARTS) is 1. The van der Waals surface area contributed by atoms with Gasteiger partial charge >= 0.3 is 5.97 Å². The molecule has 0 bridgehead atoms. The number of nitriles is 1. The van der Waals surface area contributed by atoms with E-state index >= 15 is 0 Å². The molecule has 0 atom stereocenters. The standard InChI is InChI=1S/C12H11BrN2O2/c13-9-5-8(6-14)1-2-10(9)15-7-12(3-4-12)11(16)17/h1-2,5,15H,3-4,7H2,(H,16,17). The summed E-state index contributed by atoms with van der Waals surface area (Å²) in [5, 5.41) is 20.9. The Balaban J connectivity index is 2.05. The Labute approximate surface area is 107 Å². The van der Waals surface area contributed by atoms with Crippen LogP contribution >= 0.6 is 15.9 Å². The maximum Gasteiger partial charge on any atom is 0.311 e. The minimum Gasteiger partial charge on any atom is -0.481 e. The first-order valence-electron chi connectivity index (χ1n) is 5.24. The summed E-state index contributed by atoms with van der Waals surface area (Å²) in [5.41, 5.74) is 0.797. The zero-order valence-corrected chi connectivity index (χ0v) is 10.6. The van der Waals surface area contributed by atoms with Gasteiger partial charge in [0.05, 0.1) is 17.0 Å². The molecule has 88 valence electrons. The van der Waals surface area contributed by atoms with Crippen LogP contribution in [0.1, 0.15) is 18.4 Å². The monoisotopic (exact) mass is 294 g/mol. The molecule has 5 heteroatoms. The minimum absolute atomic E-state index is 0.423. The maximum absolute atomic E-state index is 11.0. The Hall–Kier alpha value is -1.54. The van der Waals surface area contributed by atoms with Gasteiger partial charge in [-0.3, -0.25) is 4.79 Å². The first kappa shape index (κ1) is 11.9. The van der Waals surface area contributed by atoms with Crippen molar-refractivity contribution in [3.8, 4) is 6.07 Å². The van der Waals surface area contributed by atoms with Crippen LogP contribution in [-0.2, 0) is 4.79 Å². The maximum atomic E-state index is 11.0. The Morgan fingerprint density at radius 3 is 2.76 bits per heavy atom. The molecular weight excluding hydrogens is 284 g/mol. The van der Waals surface area contributed by atoms with Crippen molar-refractivity contribution in [3.05, 3.63) is 28.2 Å². The van der Waals surface area contributed by atoms with Crippen LogP contribution in [0.5, 0.6) is 0 Å². The number of hydrogen-bond donors (Lipinski definition) is 2. The molecule has 4 nitrogen and oxygen atoms in total. The van der Waals surface area contributed by atoms with Gasteiger partial charge in [0.1, 0.15) is 0 Å². The van der Waals surface area contributed by atoms with Gasteiger partial charge in [-0.25, -0.2) is 0 Å². The second-order valence-electron chi connectivity index (χ2n) is 4.25. The highest BCUT2D eigenvalue weighted by Gasteiger charge is 2.50. The summed E-state index contributed by atoms with van der Waals surface area (Å²) in [6, 6.07) is 7.24. The van der Waals surface area contributed by atoms with E-state index in [1.165, 1.54) is 0 Å². The molecule has 0 aliphatic heterocycles. The molecule has 1 saturated carbocycles. The number of aliphatic carboxylic acids is 1. The number of anilines is 1. The van der Waals surface area contributed by atoms with E-state index in [0.717, 1.165) is 23.0 Å². The molecule has 1 aliphatic rings. The lowest BCUT2D eigenvalue weighted by atomic mass is 10.1. The quantitative estimate of drug-likeness (QED) is 0.895. The van der Waals surface area contributed by atoms with Crippen LogP contribution in [0.4, 0.5) is 5.69 Å². The Morgan fingerprint density at radius 2 is 2.29 bits per heavy atom. The number of nitrogens with zero attached hydrogens (tertiary/aromatic N) is 1. The SMILES string of the molecule is N#Cc1ccc(NCC2(C(=O)O)CC2)c(Br)c1. The second-order valence-corrected chi connectivity index (χ2v) is 5.10. The molecule has 1 fully saturated rings. The van der Waals surface area contributed by atoms with E-state index in [1.807, 2.05) is 6.07 Å². The van der Waals surface area contributed by atoms with E-state index in [4.69, 9.17) is 10.4 Å². The van der Waals surface area contributed by atoms with Gasteiger partial charge in [-0.15, -0.1) is 0 Å². The number of carboxylic acids is 1. The molecule has 0 heterocycles. The number of carbonyl (C=O) groups is 1. The molecule has 17 heavy (non-hydrogen) atoms. The fourth-order valence-corrected chi connectivity index (χ4v) is 2.13. The molecule has 0 amide bonds. The van der Waals surface area contributed by atoms with Gasteiger partial charge in [0, 0.05) is 16.7 Å². The first-order valence-corrected chi connectivity index (χ1v) is 6.04. The smallest absolute Gasteiger partial charge is 0.311 e. The summed E-state index contributed by atoms with van der Waals surface area (Å²) in [6.07, 6.45) is 1.45. The molecule has 2 N–H and O–H groups in total. The van der Waals surface area contributed by atoms with Crippen molar-refractivity contribution in [2.75, 3.05) is 11.9 Å². The van der Waals surface area contributed by atoms with Crippen molar-refractivity contribution in [2.24, 2.45) is 5.41 Å². The number of halogens is 1. The number of benzene rings is 1. The predicted octanol–water partition coefficient (Wildman–Crippen LogP) is 2.60. The van der Waals surface area contributed by atoms with Crippen molar-refractivity contribution in [1.29, 1.82) is 5.26 Å². The van der Waals surface area contributed by atoms with Crippen molar-refractivity contribution < 1.29 is 9.90 Å². The largest absolute Gasteiger partial charge is 0.481 e. The second kappa shape index (κ2) is 4.38. The van der Waals surface area contributed by atoms with E-state index in [2.05, 4.69) is 21.2 Å². The summed E-state index contributed by atoms with van der Waals surface area (Å²) < 4.78 is 0.776. The van der Waals surface area contributed by atoms with E-state index < -0.39 is 11.4 Å². The van der Waals surface area contributed by atoms with Crippen LogP contribution in [0.15, 0.2) is 22.7 Å². The van der Waals surface area contributed by atoms with Crippen LogP contribution in [0.2, 0.25) is 0 Å². The molecule has 0 spiro atoms. The molecule has 0 saturated heterocycles. The highest BCUT2D eigenvalue weighted by molar-refractivity contribution is 9.10. The minimum atomic E-state index is -0.741. The van der Waals surface area contributed by atoms with Crippen molar-refractivity contribution in [1.82, 2.24) is 0 Å². The Bertz CT molecular complexity index is 504. The predicted molar refractivity (Wildman–Crippen MR) is 66.6 cm³/mol. The molecule has 1 aromatic rings. The van der Waals surface area contributed by atoms with Crippen molar-refractivity contribution in [3.63, 3.8) is 0 Å². The summed E-state index contributed by atoms with van der Waals surface area (Å²) >= 11 is 3.35. The van der Waals surface area contributed by atoms with Crippen LogP contribution in [-0.4, -0.2) is 17.6 Å². The van der Waals surface area contributed by atoms with Crippen LogP contribution in [0.25, 0.3) is 0 Å².